The molecule has 1 aromatic rings. The highest BCUT2D eigenvalue weighted by Crippen LogP contribution is 2.53. The third-order valence-electron chi connectivity index (χ3n) is 7.64. The maximum Gasteiger partial charge on any atom is 0.410 e. The zero-order chi connectivity index (χ0) is 25.2. The van der Waals surface area contributed by atoms with E-state index < -0.39 is 36.1 Å². The van der Waals surface area contributed by atoms with E-state index in [1.54, 1.807) is 11.8 Å². The number of primary amides is 1. The van der Waals surface area contributed by atoms with Gasteiger partial charge in [-0.25, -0.2) is 4.79 Å². The van der Waals surface area contributed by atoms with E-state index in [0.717, 1.165) is 24.8 Å². The summed E-state index contributed by atoms with van der Waals surface area (Å²) in [6.45, 7) is 2.74. The van der Waals surface area contributed by atoms with Crippen LogP contribution in [0.1, 0.15) is 44.6 Å². The van der Waals surface area contributed by atoms with E-state index in [0.29, 0.717) is 19.5 Å². The number of hydrogen-bond donors (Lipinski definition) is 2. The zero-order valence-electron chi connectivity index (χ0n) is 20.1. The van der Waals surface area contributed by atoms with Gasteiger partial charge < -0.3 is 25.4 Å². The molecule has 2 saturated heterocycles. The Balaban J connectivity index is 1.30. The van der Waals surface area contributed by atoms with Crippen LogP contribution in [0.5, 0.6) is 0 Å². The molecule has 4 rings (SSSR count). The summed E-state index contributed by atoms with van der Waals surface area (Å²) >= 11 is 0. The average molecular weight is 487 g/mol. The Morgan fingerprint density at radius 1 is 1.14 bits per heavy atom. The van der Waals surface area contributed by atoms with E-state index in [9.17, 15) is 24.3 Å². The second-order valence-electron chi connectivity index (χ2n) is 9.89. The highest BCUT2D eigenvalue weighted by atomic mass is 16.6. The lowest BCUT2D eigenvalue weighted by Crippen LogP contribution is -2.65. The molecule has 1 saturated carbocycles. The largest absolute Gasteiger partial charge is 0.445 e. The minimum absolute atomic E-state index is 0.0238. The number of aliphatic hydroxyl groups is 1. The molecule has 3 N–H and O–H groups in total. The van der Waals surface area contributed by atoms with Crippen molar-refractivity contribution in [2.45, 2.75) is 63.8 Å². The molecule has 35 heavy (non-hydrogen) atoms. The number of nitrogens with zero attached hydrogens (tertiary/aromatic N) is 3. The first-order chi connectivity index (χ1) is 16.7. The van der Waals surface area contributed by atoms with Gasteiger partial charge in [0.15, 0.2) is 0 Å². The predicted octanol–water partition coefficient (Wildman–Crippen LogP) is 0.863. The molecule has 3 fully saturated rings. The van der Waals surface area contributed by atoms with Gasteiger partial charge in [-0.2, -0.15) is 0 Å². The Hall–Kier alpha value is -3.14. The van der Waals surface area contributed by atoms with Gasteiger partial charge in [0.25, 0.3) is 0 Å². The topological polar surface area (TPSA) is 133 Å². The summed E-state index contributed by atoms with van der Waals surface area (Å²) in [6, 6.07) is 7.35. The van der Waals surface area contributed by atoms with Gasteiger partial charge in [-0.1, -0.05) is 30.3 Å². The van der Waals surface area contributed by atoms with Crippen LogP contribution in [0.25, 0.3) is 0 Å². The molecule has 0 radical (unpaired) electrons. The number of aliphatic hydroxyl groups excluding tert-OH is 1. The number of ether oxygens (including phenoxy) is 1. The molecule has 1 aromatic carbocycles. The number of rotatable bonds is 7. The lowest BCUT2D eigenvalue weighted by atomic mass is 9.90. The Morgan fingerprint density at radius 3 is 2.49 bits per heavy atom. The van der Waals surface area contributed by atoms with E-state index in [-0.39, 0.29) is 37.4 Å². The molecular weight excluding hydrogens is 452 g/mol. The smallest absolute Gasteiger partial charge is 0.410 e. The molecule has 2 heterocycles. The quantitative estimate of drug-likeness (QED) is 0.587. The number of β-amino-alcohol motifs (C(OH)–C–C–N with tert-alkyl or cyclic N) is 1. The van der Waals surface area contributed by atoms with E-state index in [1.165, 1.54) is 9.80 Å². The van der Waals surface area contributed by atoms with Gasteiger partial charge in [0.05, 0.1) is 12.6 Å². The molecule has 4 amide bonds. The summed E-state index contributed by atoms with van der Waals surface area (Å²) in [5.41, 5.74) is 6.41. The van der Waals surface area contributed by atoms with E-state index >= 15 is 0 Å². The minimum atomic E-state index is -0.996. The van der Waals surface area contributed by atoms with Crippen molar-refractivity contribution >= 4 is 23.8 Å². The highest BCUT2D eigenvalue weighted by molar-refractivity contribution is 5.93. The van der Waals surface area contributed by atoms with Crippen LogP contribution >= 0.6 is 0 Å². The van der Waals surface area contributed by atoms with Gasteiger partial charge in [0.1, 0.15) is 18.7 Å². The van der Waals surface area contributed by atoms with Gasteiger partial charge in [-0.15, -0.1) is 0 Å². The Morgan fingerprint density at radius 2 is 1.86 bits per heavy atom. The standard InChI is InChI=1S/C25H34N4O6/c1-17-23(33)28(12-5-8-21(31)27-13-11-25(9-10-25)20(30)15-27)19(22(26)32)14-29(17)24(34)35-16-18-6-3-2-4-7-18/h2-4,6-7,17,19-20,30H,5,8-16H2,1H3,(H2,26,32). The molecular formula is C25H34N4O6. The Bertz CT molecular complexity index is 966. The first-order valence-electron chi connectivity index (χ1n) is 12.2. The van der Waals surface area contributed by atoms with Crippen molar-refractivity contribution in [3.63, 3.8) is 0 Å². The van der Waals surface area contributed by atoms with Crippen LogP contribution < -0.4 is 5.73 Å². The highest BCUT2D eigenvalue weighted by Gasteiger charge is 2.51. The van der Waals surface area contributed by atoms with Crippen LogP contribution in [-0.4, -0.2) is 88.0 Å². The molecule has 2 aliphatic heterocycles. The number of piperazine rings is 1. The second kappa shape index (κ2) is 10.2. The van der Waals surface area contributed by atoms with Gasteiger partial charge in [0.2, 0.25) is 17.7 Å². The van der Waals surface area contributed by atoms with Crippen molar-refractivity contribution in [2.24, 2.45) is 11.1 Å². The lowest BCUT2D eigenvalue weighted by Gasteiger charge is -2.42. The number of carbonyl (C=O) groups excluding carboxylic acids is 4. The minimum Gasteiger partial charge on any atom is -0.445 e. The normalized spacial score (nSPS) is 25.5. The van der Waals surface area contributed by atoms with Crippen molar-refractivity contribution < 1.29 is 29.0 Å². The van der Waals surface area contributed by atoms with Crippen LogP contribution in [0.4, 0.5) is 4.79 Å². The van der Waals surface area contributed by atoms with Crippen molar-refractivity contribution in [3.05, 3.63) is 35.9 Å². The molecule has 1 spiro atoms. The van der Waals surface area contributed by atoms with Gasteiger partial charge in [-0.05, 0) is 43.6 Å². The van der Waals surface area contributed by atoms with E-state index in [2.05, 4.69) is 0 Å². The molecule has 3 atom stereocenters. The van der Waals surface area contributed by atoms with Gasteiger partial charge in [-0.3, -0.25) is 19.3 Å². The zero-order valence-corrected chi connectivity index (χ0v) is 20.1. The number of nitrogens with two attached hydrogens (primary N) is 1. The Kier molecular flexibility index (Phi) is 7.30. The molecule has 0 aromatic heterocycles. The fourth-order valence-corrected chi connectivity index (χ4v) is 5.06. The summed E-state index contributed by atoms with van der Waals surface area (Å²) in [5, 5.41) is 10.3. The lowest BCUT2D eigenvalue weighted by molar-refractivity contribution is -0.149. The maximum absolute atomic E-state index is 13.1. The first-order valence-corrected chi connectivity index (χ1v) is 12.2. The number of hydrogen-bond acceptors (Lipinski definition) is 6. The summed E-state index contributed by atoms with van der Waals surface area (Å²) in [4.78, 5) is 54.8. The number of likely N-dealkylation sites (tertiary alicyclic amines) is 1. The van der Waals surface area contributed by atoms with Crippen LogP contribution in [0.15, 0.2) is 30.3 Å². The van der Waals surface area contributed by atoms with Crippen molar-refractivity contribution in [1.29, 1.82) is 0 Å². The van der Waals surface area contributed by atoms with Crippen LogP contribution in [-0.2, 0) is 25.7 Å². The fourth-order valence-electron chi connectivity index (χ4n) is 5.06. The monoisotopic (exact) mass is 486 g/mol. The van der Waals surface area contributed by atoms with E-state index in [1.807, 2.05) is 30.3 Å². The summed E-state index contributed by atoms with van der Waals surface area (Å²) < 4.78 is 5.35. The third kappa shape index (κ3) is 5.42. The third-order valence-corrected chi connectivity index (χ3v) is 7.64. The number of carbonyl (C=O) groups is 4. The second-order valence-corrected chi connectivity index (χ2v) is 9.89. The molecule has 3 aliphatic rings. The molecule has 10 heteroatoms. The van der Waals surface area contributed by atoms with Crippen LogP contribution in [0, 0.1) is 5.41 Å². The van der Waals surface area contributed by atoms with Crippen molar-refractivity contribution in [2.75, 3.05) is 26.2 Å². The van der Waals surface area contributed by atoms with Gasteiger partial charge >= 0.3 is 6.09 Å². The molecule has 1 aliphatic carbocycles. The van der Waals surface area contributed by atoms with Gasteiger partial charge in [0, 0.05) is 26.1 Å². The SMILES string of the molecule is CC1C(=O)N(CCCC(=O)N2CCC3(CC3)C(O)C2)C(C(N)=O)CN1C(=O)OCc1ccccc1. The molecule has 3 unspecified atom stereocenters. The summed E-state index contributed by atoms with van der Waals surface area (Å²) in [7, 11) is 0. The number of benzene rings is 1. The van der Waals surface area contributed by atoms with E-state index in [4.69, 9.17) is 10.5 Å². The summed E-state index contributed by atoms with van der Waals surface area (Å²) in [5.74, 6) is -1.20. The number of piperidine rings is 1. The average Bonchev–Trinajstić information content (AvgIpc) is 3.63. The molecule has 190 valence electrons. The molecule has 10 nitrogen and oxygen atoms in total. The number of amides is 4. The van der Waals surface area contributed by atoms with Crippen molar-refractivity contribution in [3.8, 4) is 0 Å². The fraction of sp³-hybridized carbons (Fsp3) is 0.600. The first kappa shape index (κ1) is 25.0. The summed E-state index contributed by atoms with van der Waals surface area (Å²) in [6.07, 6.45) is 2.27. The van der Waals surface area contributed by atoms with Crippen molar-refractivity contribution in [1.82, 2.24) is 14.7 Å². The van der Waals surface area contributed by atoms with Crippen LogP contribution in [0.3, 0.4) is 0 Å². The molecule has 0 bridgehead atoms. The van der Waals surface area contributed by atoms with Crippen LogP contribution in [0.2, 0.25) is 0 Å². The maximum atomic E-state index is 13.1. The predicted molar refractivity (Wildman–Crippen MR) is 126 cm³/mol. The Labute approximate surface area is 205 Å².